The maximum Gasteiger partial charge on any atom is 0.403 e. The van der Waals surface area contributed by atoms with Crippen LogP contribution in [0.1, 0.15) is 52.7 Å². The number of carbonyl (C=O) groups is 1. The minimum Gasteiger partial charge on any atom is -0.512 e. The summed E-state index contributed by atoms with van der Waals surface area (Å²) < 4.78 is 41.6. The maximum absolute atomic E-state index is 13.9. The first-order chi connectivity index (χ1) is 21.4. The van der Waals surface area contributed by atoms with Gasteiger partial charge in [0.1, 0.15) is 5.76 Å². The van der Waals surface area contributed by atoms with E-state index in [9.17, 15) is 23.1 Å². The fraction of sp³-hybridized carbons (Fsp3) is 0.250. The molecule has 0 spiro atoms. The Bertz CT molecular complexity index is 2150. The van der Waals surface area contributed by atoms with Gasteiger partial charge in [0.05, 0.1) is 0 Å². The first-order valence-electron chi connectivity index (χ1n) is 15.1. The Labute approximate surface area is 286 Å². The van der Waals surface area contributed by atoms with E-state index >= 15 is 0 Å². The standard InChI is InChI=1S/C29H17F3N.C11H20O2.Ir/c1-17-6-8-21-19(14-17)7-9-24-23(21)10-11-26-25(24)12-13-33-28(26)20-15-18-4-2-3-5-22(18)27(16-20)29(30,31)32;1-10(2,3)8(12)7-9(13)11(4,5)6;/h2-14,16H,1H3;7,12H,1-6H3;/q-1;;/b;8-7-;. The smallest absolute Gasteiger partial charge is 0.403 e. The van der Waals surface area contributed by atoms with Crippen LogP contribution in [0.15, 0.2) is 96.9 Å². The van der Waals surface area contributed by atoms with E-state index < -0.39 is 17.2 Å². The summed E-state index contributed by atoms with van der Waals surface area (Å²) in [6, 6.07) is 27.2. The third kappa shape index (κ3) is 7.58. The summed E-state index contributed by atoms with van der Waals surface area (Å²) in [5.74, 6) is 0.104. The number of halogens is 3. The van der Waals surface area contributed by atoms with Crippen molar-refractivity contribution in [3.63, 3.8) is 0 Å². The van der Waals surface area contributed by atoms with Crippen molar-refractivity contribution >= 4 is 48.9 Å². The zero-order valence-corrected chi connectivity index (χ0v) is 29.8. The number of rotatable bonds is 2. The Morgan fingerprint density at radius 1 is 0.745 bits per heavy atom. The van der Waals surface area contributed by atoms with Crippen LogP contribution in [0, 0.1) is 23.8 Å². The summed E-state index contributed by atoms with van der Waals surface area (Å²) >= 11 is 0. The molecule has 1 aromatic heterocycles. The Morgan fingerprint density at radius 3 is 2.00 bits per heavy atom. The second kappa shape index (κ2) is 13.2. The van der Waals surface area contributed by atoms with E-state index in [2.05, 4.69) is 48.3 Å². The van der Waals surface area contributed by atoms with Crippen molar-refractivity contribution in [2.24, 2.45) is 10.8 Å². The predicted molar refractivity (Wildman–Crippen MR) is 183 cm³/mol. The average Bonchev–Trinajstić information content (AvgIpc) is 2.98. The Balaban J connectivity index is 0.000000307. The maximum atomic E-state index is 13.9. The largest absolute Gasteiger partial charge is 0.512 e. The minimum absolute atomic E-state index is 0. The van der Waals surface area contributed by atoms with Gasteiger partial charge in [-0.3, -0.25) is 9.78 Å². The van der Waals surface area contributed by atoms with Crippen molar-refractivity contribution in [1.82, 2.24) is 4.98 Å². The van der Waals surface area contributed by atoms with Gasteiger partial charge in [0.25, 0.3) is 0 Å². The molecule has 0 saturated heterocycles. The van der Waals surface area contributed by atoms with Gasteiger partial charge in [0.15, 0.2) is 5.78 Å². The Kier molecular flexibility index (Phi) is 10.1. The molecule has 0 aliphatic rings. The molecule has 6 aromatic rings. The van der Waals surface area contributed by atoms with E-state index in [4.69, 9.17) is 0 Å². The van der Waals surface area contributed by atoms with Gasteiger partial charge in [-0.25, -0.2) is 0 Å². The van der Waals surface area contributed by atoms with Gasteiger partial charge in [-0.15, -0.1) is 23.6 Å². The van der Waals surface area contributed by atoms with Gasteiger partial charge in [-0.05, 0) is 50.9 Å². The first kappa shape index (κ1) is 35.8. The van der Waals surface area contributed by atoms with Gasteiger partial charge >= 0.3 is 6.18 Å². The van der Waals surface area contributed by atoms with E-state index in [1.54, 1.807) is 24.4 Å². The van der Waals surface area contributed by atoms with Crippen LogP contribution in [0.3, 0.4) is 0 Å². The van der Waals surface area contributed by atoms with Crippen LogP contribution in [-0.2, 0) is 31.1 Å². The molecule has 47 heavy (non-hydrogen) atoms. The molecule has 245 valence electrons. The first-order valence-corrected chi connectivity index (χ1v) is 15.1. The Hall–Kier alpha value is -4.06. The molecule has 0 saturated carbocycles. The fourth-order valence-corrected chi connectivity index (χ4v) is 5.30. The van der Waals surface area contributed by atoms with Crippen LogP contribution in [-0.4, -0.2) is 15.9 Å². The molecule has 0 aliphatic heterocycles. The third-order valence-electron chi connectivity index (χ3n) is 8.03. The molecule has 7 heteroatoms. The summed E-state index contributed by atoms with van der Waals surface area (Å²) in [6.07, 6.45) is -1.48. The fourth-order valence-electron chi connectivity index (χ4n) is 5.30. The van der Waals surface area contributed by atoms with E-state index in [1.165, 1.54) is 17.7 Å². The second-order valence-electron chi connectivity index (χ2n) is 13.7. The number of aliphatic hydroxyl groups is 1. The third-order valence-corrected chi connectivity index (χ3v) is 8.03. The van der Waals surface area contributed by atoms with Crippen LogP contribution < -0.4 is 0 Å². The monoisotopic (exact) mass is 813 g/mol. The number of aromatic nitrogens is 1. The summed E-state index contributed by atoms with van der Waals surface area (Å²) in [5.41, 5.74) is 0.589. The number of pyridine rings is 1. The van der Waals surface area contributed by atoms with Gasteiger partial charge in [0, 0.05) is 48.9 Å². The minimum atomic E-state index is -4.47. The molecule has 6 rings (SSSR count). The molecule has 1 radical (unpaired) electrons. The molecule has 0 aliphatic carbocycles. The zero-order chi connectivity index (χ0) is 33.6. The molecule has 1 N–H and O–H groups in total. The van der Waals surface area contributed by atoms with Crippen molar-refractivity contribution in [1.29, 1.82) is 0 Å². The predicted octanol–water partition coefficient (Wildman–Crippen LogP) is 11.6. The van der Waals surface area contributed by atoms with Crippen molar-refractivity contribution in [3.05, 3.63) is 114 Å². The summed E-state index contributed by atoms with van der Waals surface area (Å²) in [5, 5.41) is 16.3. The number of nitrogens with zero attached hydrogens (tertiary/aromatic N) is 1. The van der Waals surface area contributed by atoms with Gasteiger partial charge in [-0.1, -0.05) is 119 Å². The van der Waals surface area contributed by atoms with Crippen molar-refractivity contribution in [3.8, 4) is 11.3 Å². The summed E-state index contributed by atoms with van der Waals surface area (Å²) in [4.78, 5) is 16.0. The molecule has 1 heterocycles. The molecule has 0 atom stereocenters. The normalized spacial score (nSPS) is 12.6. The number of carbonyl (C=O) groups excluding carboxylic acids is 1. The number of hydrogen-bond donors (Lipinski definition) is 1. The van der Waals surface area contributed by atoms with Crippen LogP contribution >= 0.6 is 0 Å². The molecular formula is C40H37F3IrNO2-. The van der Waals surface area contributed by atoms with Gasteiger partial charge < -0.3 is 5.11 Å². The molecule has 0 fully saturated rings. The van der Waals surface area contributed by atoms with Crippen LogP contribution in [0.4, 0.5) is 13.2 Å². The SMILES string of the molecule is CC(C)(C)C(=O)/C=C(\O)C(C)(C)C.Cc1ccc2c(ccc3c4ccnc(-c5[c-]c6ccccc6c(C(F)(F)F)c5)c4ccc23)c1.[Ir]. The second-order valence-corrected chi connectivity index (χ2v) is 13.7. The molecule has 3 nitrogen and oxygen atoms in total. The Morgan fingerprint density at radius 2 is 1.34 bits per heavy atom. The van der Waals surface area contributed by atoms with Crippen LogP contribution in [0.25, 0.3) is 54.3 Å². The van der Waals surface area contributed by atoms with E-state index in [1.807, 2.05) is 59.7 Å². The topological polar surface area (TPSA) is 50.2 Å². The van der Waals surface area contributed by atoms with E-state index in [-0.39, 0.29) is 42.4 Å². The molecular weight excluding hydrogens is 776 g/mol. The van der Waals surface area contributed by atoms with Gasteiger partial charge in [-0.2, -0.15) is 13.2 Å². The zero-order valence-electron chi connectivity index (χ0n) is 27.4. The number of fused-ring (bicyclic) bond motifs is 6. The van der Waals surface area contributed by atoms with Crippen molar-refractivity contribution in [2.75, 3.05) is 0 Å². The summed E-state index contributed by atoms with van der Waals surface area (Å²) in [7, 11) is 0. The summed E-state index contributed by atoms with van der Waals surface area (Å²) in [6.45, 7) is 13.2. The number of benzene rings is 5. The number of hydrogen-bond acceptors (Lipinski definition) is 3. The molecule has 0 amide bonds. The molecule has 0 bridgehead atoms. The number of allylic oxidation sites excluding steroid dienone is 2. The van der Waals surface area contributed by atoms with Gasteiger partial charge in [0.2, 0.25) is 0 Å². The molecule has 0 unspecified atom stereocenters. The number of alkyl halides is 3. The molecule has 5 aromatic carbocycles. The quantitative estimate of drug-likeness (QED) is 0.0820. The van der Waals surface area contributed by atoms with Crippen molar-refractivity contribution in [2.45, 2.75) is 54.6 Å². The number of ketones is 1. The number of aliphatic hydroxyl groups excluding tert-OH is 1. The average molecular weight is 813 g/mol. The van der Waals surface area contributed by atoms with Crippen molar-refractivity contribution < 1.29 is 43.2 Å². The number of aryl methyl sites for hydroxylation is 1. The van der Waals surface area contributed by atoms with E-state index in [0.29, 0.717) is 16.6 Å². The van der Waals surface area contributed by atoms with Crippen LogP contribution in [0.5, 0.6) is 0 Å². The van der Waals surface area contributed by atoms with Crippen LogP contribution in [0.2, 0.25) is 0 Å². The van der Waals surface area contributed by atoms with E-state index in [0.717, 1.165) is 38.4 Å².